The normalized spacial score (nSPS) is 11.4. The van der Waals surface area contributed by atoms with Gasteiger partial charge in [0.25, 0.3) is 5.91 Å². The van der Waals surface area contributed by atoms with Crippen molar-refractivity contribution in [2.75, 3.05) is 20.3 Å². The largest absolute Gasteiger partial charge is 0.493 e. The molecule has 0 aromatic heterocycles. The average Bonchev–Trinajstić information content (AvgIpc) is 2.91. The smallest absolute Gasteiger partial charge is 0.261 e. The van der Waals surface area contributed by atoms with E-state index in [1.165, 1.54) is 0 Å². The monoisotopic (exact) mass is 552 g/mol. The highest BCUT2D eigenvalue weighted by atomic mass is 79.9. The van der Waals surface area contributed by atoms with Crippen LogP contribution in [0.1, 0.15) is 30.9 Å². The molecular formula is C29H33BrN2O4. The molecule has 0 aliphatic rings. The summed E-state index contributed by atoms with van der Waals surface area (Å²) in [5, 5.41) is 3.03. The van der Waals surface area contributed by atoms with Crippen LogP contribution in [0.2, 0.25) is 0 Å². The molecule has 1 N–H and O–H groups in total. The van der Waals surface area contributed by atoms with Gasteiger partial charge < -0.3 is 19.7 Å². The fourth-order valence-corrected chi connectivity index (χ4v) is 4.07. The second kappa shape index (κ2) is 14.3. The number of nitrogens with one attached hydrogen (secondary N) is 1. The molecule has 0 aliphatic heterocycles. The molecule has 36 heavy (non-hydrogen) atoms. The number of hydrogen-bond acceptors (Lipinski definition) is 4. The number of carbonyl (C=O) groups is 2. The predicted molar refractivity (Wildman–Crippen MR) is 145 cm³/mol. The maximum atomic E-state index is 13.6. The van der Waals surface area contributed by atoms with E-state index in [1.54, 1.807) is 24.1 Å². The SMILES string of the molecule is CCCCNC(=O)C(Cc1ccccc1)N(Cc1ccc(Br)cc1)C(=O)COc1ccccc1OC. The summed E-state index contributed by atoms with van der Waals surface area (Å²) in [4.78, 5) is 28.7. The van der Waals surface area contributed by atoms with Gasteiger partial charge in [0.1, 0.15) is 6.04 Å². The number of para-hydroxylation sites is 2. The molecule has 3 aromatic carbocycles. The molecule has 2 amide bonds. The van der Waals surface area contributed by atoms with Crippen LogP contribution in [0.3, 0.4) is 0 Å². The van der Waals surface area contributed by atoms with Crippen LogP contribution < -0.4 is 14.8 Å². The van der Waals surface area contributed by atoms with Gasteiger partial charge in [0.15, 0.2) is 18.1 Å². The number of benzene rings is 3. The molecule has 0 spiro atoms. The van der Waals surface area contributed by atoms with Crippen molar-refractivity contribution >= 4 is 27.7 Å². The van der Waals surface area contributed by atoms with Crippen molar-refractivity contribution < 1.29 is 19.1 Å². The fraction of sp³-hybridized carbons (Fsp3) is 0.310. The lowest BCUT2D eigenvalue weighted by Gasteiger charge is -2.31. The van der Waals surface area contributed by atoms with Crippen molar-refractivity contribution in [1.29, 1.82) is 0 Å². The Balaban J connectivity index is 1.89. The Labute approximate surface area is 221 Å². The van der Waals surface area contributed by atoms with Gasteiger partial charge in [-0.2, -0.15) is 0 Å². The van der Waals surface area contributed by atoms with Crippen molar-refractivity contribution in [3.8, 4) is 11.5 Å². The lowest BCUT2D eigenvalue weighted by molar-refractivity contribution is -0.142. The molecule has 1 atom stereocenters. The van der Waals surface area contributed by atoms with Crippen molar-refractivity contribution in [1.82, 2.24) is 10.2 Å². The molecule has 3 aromatic rings. The van der Waals surface area contributed by atoms with E-state index >= 15 is 0 Å². The number of rotatable bonds is 13. The summed E-state index contributed by atoms with van der Waals surface area (Å²) in [6.07, 6.45) is 2.25. The molecule has 190 valence electrons. The molecule has 0 saturated carbocycles. The van der Waals surface area contributed by atoms with E-state index < -0.39 is 6.04 Å². The number of nitrogens with zero attached hydrogens (tertiary/aromatic N) is 1. The van der Waals surface area contributed by atoms with Crippen LogP contribution in [0.5, 0.6) is 11.5 Å². The minimum Gasteiger partial charge on any atom is -0.493 e. The van der Waals surface area contributed by atoms with Crippen LogP contribution in [0.25, 0.3) is 0 Å². The van der Waals surface area contributed by atoms with Gasteiger partial charge in [-0.1, -0.05) is 83.9 Å². The predicted octanol–water partition coefficient (Wildman–Crippen LogP) is 5.39. The summed E-state index contributed by atoms with van der Waals surface area (Å²) < 4.78 is 12.1. The average molecular weight is 553 g/mol. The second-order valence-corrected chi connectivity index (χ2v) is 9.35. The molecule has 0 saturated heterocycles. The van der Waals surface area contributed by atoms with E-state index in [-0.39, 0.29) is 25.0 Å². The Kier molecular flexibility index (Phi) is 10.8. The highest BCUT2D eigenvalue weighted by Gasteiger charge is 2.30. The summed E-state index contributed by atoms with van der Waals surface area (Å²) in [5.41, 5.74) is 1.90. The van der Waals surface area contributed by atoms with E-state index in [0.717, 1.165) is 28.4 Å². The highest BCUT2D eigenvalue weighted by molar-refractivity contribution is 9.10. The topological polar surface area (TPSA) is 67.9 Å². The Bertz CT molecular complexity index is 1110. The van der Waals surface area contributed by atoms with Gasteiger partial charge in [-0.15, -0.1) is 0 Å². The number of amides is 2. The molecule has 1 unspecified atom stereocenters. The Morgan fingerprint density at radius 1 is 0.917 bits per heavy atom. The number of carbonyl (C=O) groups excluding carboxylic acids is 2. The van der Waals surface area contributed by atoms with E-state index in [1.807, 2.05) is 66.7 Å². The second-order valence-electron chi connectivity index (χ2n) is 8.44. The van der Waals surface area contributed by atoms with Gasteiger partial charge in [0, 0.05) is 24.0 Å². The molecule has 0 radical (unpaired) electrons. The molecule has 7 heteroatoms. The Morgan fingerprint density at radius 2 is 1.58 bits per heavy atom. The first kappa shape index (κ1) is 27.3. The first-order valence-corrected chi connectivity index (χ1v) is 12.9. The number of ether oxygens (including phenoxy) is 2. The van der Waals surface area contributed by atoms with Gasteiger partial charge in [-0.25, -0.2) is 0 Å². The third-order valence-corrected chi connectivity index (χ3v) is 6.32. The van der Waals surface area contributed by atoms with Gasteiger partial charge in [0.2, 0.25) is 5.91 Å². The quantitative estimate of drug-likeness (QED) is 0.288. The van der Waals surface area contributed by atoms with Crippen LogP contribution in [0.15, 0.2) is 83.3 Å². The standard InChI is InChI=1S/C29H33BrN2O4/c1-3-4-18-31-29(34)25(19-22-10-6-5-7-11-22)32(20-23-14-16-24(30)17-15-23)28(33)21-36-27-13-9-8-12-26(27)35-2/h5-17,25H,3-4,18-21H2,1-2H3,(H,31,34). The molecule has 3 rings (SSSR count). The van der Waals surface area contributed by atoms with Gasteiger partial charge in [-0.05, 0) is 41.8 Å². The van der Waals surface area contributed by atoms with Crippen LogP contribution in [-0.2, 0) is 22.6 Å². The van der Waals surface area contributed by atoms with Gasteiger partial charge in [0.05, 0.1) is 7.11 Å². The van der Waals surface area contributed by atoms with E-state index in [0.29, 0.717) is 24.5 Å². The van der Waals surface area contributed by atoms with Crippen molar-refractivity contribution in [3.63, 3.8) is 0 Å². The Morgan fingerprint density at radius 3 is 2.25 bits per heavy atom. The maximum absolute atomic E-state index is 13.6. The number of halogens is 1. The highest BCUT2D eigenvalue weighted by Crippen LogP contribution is 2.26. The van der Waals surface area contributed by atoms with Crippen LogP contribution in [0.4, 0.5) is 0 Å². The third-order valence-electron chi connectivity index (χ3n) is 5.79. The summed E-state index contributed by atoms with van der Waals surface area (Å²) in [6.45, 7) is 2.70. The zero-order valence-electron chi connectivity index (χ0n) is 20.8. The summed E-state index contributed by atoms with van der Waals surface area (Å²) in [5.74, 6) is 0.567. The van der Waals surface area contributed by atoms with Crippen molar-refractivity contribution in [3.05, 3.63) is 94.5 Å². The van der Waals surface area contributed by atoms with Gasteiger partial charge in [-0.3, -0.25) is 9.59 Å². The lowest BCUT2D eigenvalue weighted by atomic mass is 10.0. The molecule has 0 aliphatic carbocycles. The molecule has 0 heterocycles. The first-order valence-electron chi connectivity index (χ1n) is 12.1. The number of unbranched alkanes of at least 4 members (excludes halogenated alkanes) is 1. The van der Waals surface area contributed by atoms with E-state index in [4.69, 9.17) is 9.47 Å². The number of methoxy groups -OCH3 is 1. The molecule has 0 fully saturated rings. The van der Waals surface area contributed by atoms with E-state index in [2.05, 4.69) is 28.2 Å². The molecule has 0 bridgehead atoms. The summed E-state index contributed by atoms with van der Waals surface area (Å²) in [7, 11) is 1.56. The van der Waals surface area contributed by atoms with Crippen LogP contribution >= 0.6 is 15.9 Å². The summed E-state index contributed by atoms with van der Waals surface area (Å²) >= 11 is 3.46. The van der Waals surface area contributed by atoms with Crippen molar-refractivity contribution in [2.45, 2.75) is 38.8 Å². The van der Waals surface area contributed by atoms with Crippen LogP contribution in [-0.4, -0.2) is 43.0 Å². The number of hydrogen-bond donors (Lipinski definition) is 1. The Hall–Kier alpha value is -3.32. The fourth-order valence-electron chi connectivity index (χ4n) is 3.81. The maximum Gasteiger partial charge on any atom is 0.261 e. The zero-order valence-corrected chi connectivity index (χ0v) is 22.4. The molecule has 6 nitrogen and oxygen atoms in total. The van der Waals surface area contributed by atoms with Crippen LogP contribution in [0, 0.1) is 0 Å². The minimum atomic E-state index is -0.693. The first-order chi connectivity index (χ1) is 17.5. The third kappa shape index (κ3) is 8.12. The lowest BCUT2D eigenvalue weighted by Crippen LogP contribution is -2.51. The zero-order chi connectivity index (χ0) is 25.8. The molecular weight excluding hydrogens is 520 g/mol. The minimum absolute atomic E-state index is 0.171. The summed E-state index contributed by atoms with van der Waals surface area (Å²) in [6, 6.07) is 24.0. The van der Waals surface area contributed by atoms with E-state index in [9.17, 15) is 9.59 Å². The van der Waals surface area contributed by atoms with Crippen molar-refractivity contribution in [2.24, 2.45) is 0 Å². The van der Waals surface area contributed by atoms with Gasteiger partial charge >= 0.3 is 0 Å².